The quantitative estimate of drug-likeness (QED) is 0.226. The molecule has 1 N–H and O–H groups in total. The van der Waals surface area contributed by atoms with Crippen molar-refractivity contribution in [3.8, 4) is 11.8 Å². The van der Waals surface area contributed by atoms with Crippen LogP contribution in [0, 0.1) is 11.3 Å². The normalized spacial score (nSPS) is 11.6. The molecule has 0 atom stereocenters. The molecule has 3 aromatic rings. The van der Waals surface area contributed by atoms with E-state index >= 15 is 0 Å². The van der Waals surface area contributed by atoms with E-state index in [0.717, 1.165) is 17.7 Å². The Bertz CT molecular complexity index is 1300. The van der Waals surface area contributed by atoms with Gasteiger partial charge in [-0.05, 0) is 70.0 Å². The van der Waals surface area contributed by atoms with Gasteiger partial charge in [0.05, 0.1) is 10.0 Å². The minimum atomic E-state index is -4.56. The number of anilines is 1. The molecule has 4 nitrogen and oxygen atoms in total. The monoisotopic (exact) mass is 612 g/mol. The second-order valence-corrected chi connectivity index (χ2v) is 9.13. The molecule has 0 aliphatic heterocycles. The predicted molar refractivity (Wildman–Crippen MR) is 131 cm³/mol. The number of hydrogen-bond acceptors (Lipinski definition) is 3. The van der Waals surface area contributed by atoms with Crippen LogP contribution < -0.4 is 10.1 Å². The molecule has 0 unspecified atom stereocenters. The van der Waals surface area contributed by atoms with E-state index < -0.39 is 17.6 Å². The first-order chi connectivity index (χ1) is 16.1. The Morgan fingerprint density at radius 1 is 1.12 bits per heavy atom. The Labute approximate surface area is 215 Å². The largest absolute Gasteiger partial charge is 0.487 e. The Morgan fingerprint density at radius 2 is 1.85 bits per heavy atom. The molecule has 3 rings (SSSR count). The van der Waals surface area contributed by atoms with Crippen molar-refractivity contribution in [2.45, 2.75) is 12.8 Å². The van der Waals surface area contributed by atoms with E-state index in [1.807, 2.05) is 6.07 Å². The van der Waals surface area contributed by atoms with Crippen molar-refractivity contribution >= 4 is 61.1 Å². The van der Waals surface area contributed by atoms with Crippen LogP contribution >= 0.6 is 43.5 Å². The Morgan fingerprint density at radius 3 is 2.53 bits per heavy atom. The summed E-state index contributed by atoms with van der Waals surface area (Å²) in [5.74, 6) is -0.499. The topological polar surface area (TPSA) is 62.1 Å². The number of benzene rings is 3. The van der Waals surface area contributed by atoms with Gasteiger partial charge in [0.15, 0.2) is 0 Å². The van der Waals surface area contributed by atoms with E-state index in [4.69, 9.17) is 16.3 Å². The van der Waals surface area contributed by atoms with Gasteiger partial charge in [0.25, 0.3) is 5.91 Å². The van der Waals surface area contributed by atoms with E-state index in [9.17, 15) is 23.2 Å². The number of ether oxygens (including phenoxy) is 1. The third-order valence-electron chi connectivity index (χ3n) is 4.42. The van der Waals surface area contributed by atoms with Crippen molar-refractivity contribution in [1.29, 1.82) is 5.26 Å². The van der Waals surface area contributed by atoms with Crippen LogP contribution in [0.15, 0.2) is 75.2 Å². The number of nitriles is 1. The second-order valence-electron chi connectivity index (χ2n) is 6.93. The first kappa shape index (κ1) is 25.8. The molecule has 0 fully saturated rings. The molecule has 3 aromatic carbocycles. The molecule has 0 aliphatic rings. The molecule has 0 bridgehead atoms. The number of hydrogen-bond donors (Lipinski definition) is 1. The molecule has 34 heavy (non-hydrogen) atoms. The smallest absolute Gasteiger partial charge is 0.416 e. The summed E-state index contributed by atoms with van der Waals surface area (Å²) in [4.78, 5) is 12.6. The average molecular weight is 615 g/mol. The lowest BCUT2D eigenvalue weighted by Crippen LogP contribution is -2.14. The lowest BCUT2D eigenvalue weighted by molar-refractivity contribution is -0.137. The third kappa shape index (κ3) is 6.86. The molecule has 0 radical (unpaired) electrons. The van der Waals surface area contributed by atoms with Crippen molar-refractivity contribution < 1.29 is 22.7 Å². The number of carbonyl (C=O) groups is 1. The summed E-state index contributed by atoms with van der Waals surface area (Å²) >= 11 is 12.8. The van der Waals surface area contributed by atoms with E-state index in [2.05, 4.69) is 37.2 Å². The Balaban J connectivity index is 1.89. The Hall–Kier alpha value is -2.80. The summed E-state index contributed by atoms with van der Waals surface area (Å²) in [5.41, 5.74) is -0.122. The van der Waals surface area contributed by atoms with Gasteiger partial charge in [-0.15, -0.1) is 0 Å². The molecule has 0 aliphatic carbocycles. The predicted octanol–water partition coefficient (Wildman–Crippen LogP) is 8.01. The number of rotatable bonds is 6. The van der Waals surface area contributed by atoms with E-state index in [0.29, 0.717) is 25.3 Å². The van der Waals surface area contributed by atoms with Crippen molar-refractivity contribution in [1.82, 2.24) is 0 Å². The van der Waals surface area contributed by atoms with Gasteiger partial charge in [0.1, 0.15) is 24.0 Å². The van der Waals surface area contributed by atoms with E-state index in [-0.39, 0.29) is 17.9 Å². The number of amides is 1. The highest BCUT2D eigenvalue weighted by molar-refractivity contribution is 9.11. The highest BCUT2D eigenvalue weighted by Crippen LogP contribution is 2.35. The van der Waals surface area contributed by atoms with Crippen molar-refractivity contribution in [2.24, 2.45) is 0 Å². The maximum atomic E-state index is 12.9. The summed E-state index contributed by atoms with van der Waals surface area (Å²) in [7, 11) is 0. The van der Waals surface area contributed by atoms with Crippen molar-refractivity contribution in [3.63, 3.8) is 0 Å². The molecule has 174 valence electrons. The van der Waals surface area contributed by atoms with Crippen LogP contribution in [0.5, 0.6) is 5.75 Å². The van der Waals surface area contributed by atoms with Gasteiger partial charge in [0.2, 0.25) is 0 Å². The van der Waals surface area contributed by atoms with Gasteiger partial charge < -0.3 is 10.1 Å². The number of alkyl halides is 3. The molecular formula is C24H14Br2ClF3N2O2. The zero-order chi connectivity index (χ0) is 24.9. The summed E-state index contributed by atoms with van der Waals surface area (Å²) in [6, 6.07) is 16.4. The molecular weight excluding hydrogens is 601 g/mol. The molecule has 0 saturated carbocycles. The van der Waals surface area contributed by atoms with E-state index in [1.54, 1.807) is 36.4 Å². The SMILES string of the molecule is N#C/C(=C\c1cc(Br)cc(Br)c1OCc1cccc(Cl)c1)C(=O)Nc1cccc(C(F)(F)F)c1. The Kier molecular flexibility index (Phi) is 8.42. The molecule has 10 heteroatoms. The number of halogens is 6. The zero-order valence-electron chi connectivity index (χ0n) is 17.1. The fraction of sp³-hybridized carbons (Fsp3) is 0.0833. The maximum absolute atomic E-state index is 12.9. The molecule has 1 amide bonds. The second kappa shape index (κ2) is 11.1. The molecule has 0 spiro atoms. The van der Waals surface area contributed by atoms with Gasteiger partial charge in [-0.25, -0.2) is 0 Å². The highest BCUT2D eigenvalue weighted by Gasteiger charge is 2.30. The van der Waals surface area contributed by atoms with Gasteiger partial charge in [-0.2, -0.15) is 18.4 Å². The first-order valence-electron chi connectivity index (χ1n) is 9.53. The highest BCUT2D eigenvalue weighted by atomic mass is 79.9. The van der Waals surface area contributed by atoms with Crippen LogP contribution in [-0.4, -0.2) is 5.91 Å². The molecule has 0 heterocycles. The van der Waals surface area contributed by atoms with Crippen LogP contribution in [-0.2, 0) is 17.6 Å². The van der Waals surface area contributed by atoms with Crippen molar-refractivity contribution in [3.05, 3.63) is 96.9 Å². The van der Waals surface area contributed by atoms with Crippen LogP contribution in [0.4, 0.5) is 18.9 Å². The van der Waals surface area contributed by atoms with Crippen LogP contribution in [0.25, 0.3) is 6.08 Å². The van der Waals surface area contributed by atoms with Gasteiger partial charge in [0, 0.05) is 20.7 Å². The van der Waals surface area contributed by atoms with E-state index in [1.165, 1.54) is 18.2 Å². The van der Waals surface area contributed by atoms with Crippen LogP contribution in [0.2, 0.25) is 5.02 Å². The summed E-state index contributed by atoms with van der Waals surface area (Å²) < 4.78 is 46.0. The summed E-state index contributed by atoms with van der Waals surface area (Å²) in [6.45, 7) is 0.167. The average Bonchev–Trinajstić information content (AvgIpc) is 2.76. The lowest BCUT2D eigenvalue weighted by Gasteiger charge is -2.13. The van der Waals surface area contributed by atoms with Gasteiger partial charge in [-0.3, -0.25) is 4.79 Å². The number of nitrogens with one attached hydrogen (secondary N) is 1. The fourth-order valence-corrected chi connectivity index (χ4v) is 4.48. The molecule has 0 saturated heterocycles. The summed E-state index contributed by atoms with van der Waals surface area (Å²) in [5, 5.41) is 12.4. The zero-order valence-corrected chi connectivity index (χ0v) is 21.0. The standard InChI is InChI=1S/C24H14Br2ClF3N2O2/c25-18-9-15(22(21(26)11-18)34-13-14-3-1-5-19(27)7-14)8-16(12-31)23(33)32-20-6-2-4-17(10-20)24(28,29)30/h1-11H,13H2,(H,32,33)/b16-8+. The maximum Gasteiger partial charge on any atom is 0.416 e. The fourth-order valence-electron chi connectivity index (χ4n) is 2.90. The third-order valence-corrected chi connectivity index (χ3v) is 5.70. The van der Waals surface area contributed by atoms with Gasteiger partial charge in [-0.1, -0.05) is 45.7 Å². The minimum absolute atomic E-state index is 0.0890. The number of carbonyl (C=O) groups excluding carboxylic acids is 1. The van der Waals surface area contributed by atoms with Crippen LogP contribution in [0.3, 0.4) is 0 Å². The first-order valence-corrected chi connectivity index (χ1v) is 11.5. The van der Waals surface area contributed by atoms with Crippen LogP contribution in [0.1, 0.15) is 16.7 Å². The van der Waals surface area contributed by atoms with Crippen molar-refractivity contribution in [2.75, 3.05) is 5.32 Å². The lowest BCUT2D eigenvalue weighted by atomic mass is 10.1. The summed E-state index contributed by atoms with van der Waals surface area (Å²) in [6.07, 6.45) is -3.27. The minimum Gasteiger partial charge on any atom is -0.487 e. The molecule has 0 aromatic heterocycles. The number of nitrogens with zero attached hydrogens (tertiary/aromatic N) is 1. The van der Waals surface area contributed by atoms with Gasteiger partial charge >= 0.3 is 6.18 Å².